The summed E-state index contributed by atoms with van der Waals surface area (Å²) in [7, 11) is 1.49. The van der Waals surface area contributed by atoms with Gasteiger partial charge in [-0.1, -0.05) is 6.92 Å². The number of hydrogen-bond acceptors (Lipinski definition) is 3. The Kier molecular flexibility index (Phi) is 5.60. The SMILES string of the molecule is CCCNC(=O)c1ccc(OC)c(/C=C/C(=O)O)c1. The molecule has 5 nitrogen and oxygen atoms in total. The number of benzene rings is 1. The van der Waals surface area contributed by atoms with Crippen molar-refractivity contribution in [3.63, 3.8) is 0 Å². The summed E-state index contributed by atoms with van der Waals surface area (Å²) < 4.78 is 5.12. The molecule has 1 amide bonds. The molecule has 0 saturated carbocycles. The highest BCUT2D eigenvalue weighted by Gasteiger charge is 2.08. The molecule has 0 aliphatic heterocycles. The van der Waals surface area contributed by atoms with E-state index >= 15 is 0 Å². The predicted octanol–water partition coefficient (Wildman–Crippen LogP) is 1.93. The second-order valence-electron chi connectivity index (χ2n) is 3.88. The second kappa shape index (κ2) is 7.20. The van der Waals surface area contributed by atoms with E-state index in [1.807, 2.05) is 6.92 Å². The summed E-state index contributed by atoms with van der Waals surface area (Å²) in [5, 5.41) is 11.4. The molecule has 0 atom stereocenters. The molecule has 5 heteroatoms. The Bertz CT molecular complexity index is 494. The first-order chi connectivity index (χ1) is 9.08. The van der Waals surface area contributed by atoms with E-state index in [2.05, 4.69) is 5.32 Å². The normalized spacial score (nSPS) is 10.4. The summed E-state index contributed by atoms with van der Waals surface area (Å²) in [5.74, 6) is -0.720. The molecular formula is C14H17NO4. The van der Waals surface area contributed by atoms with Crippen molar-refractivity contribution in [2.45, 2.75) is 13.3 Å². The lowest BCUT2D eigenvalue weighted by Crippen LogP contribution is -2.23. The molecule has 1 rings (SSSR count). The van der Waals surface area contributed by atoms with Crippen LogP contribution in [0.2, 0.25) is 0 Å². The van der Waals surface area contributed by atoms with Crippen LogP contribution in [0.5, 0.6) is 5.75 Å². The molecule has 2 N–H and O–H groups in total. The van der Waals surface area contributed by atoms with Gasteiger partial charge in [-0.2, -0.15) is 0 Å². The van der Waals surface area contributed by atoms with E-state index in [0.717, 1.165) is 12.5 Å². The zero-order valence-corrected chi connectivity index (χ0v) is 11.0. The van der Waals surface area contributed by atoms with Gasteiger partial charge < -0.3 is 15.2 Å². The Hall–Kier alpha value is -2.30. The van der Waals surface area contributed by atoms with Gasteiger partial charge in [0, 0.05) is 23.7 Å². The minimum Gasteiger partial charge on any atom is -0.496 e. The number of rotatable bonds is 6. The molecule has 0 bridgehead atoms. The number of aliphatic carboxylic acids is 1. The largest absolute Gasteiger partial charge is 0.496 e. The van der Waals surface area contributed by atoms with E-state index < -0.39 is 5.97 Å². The third-order valence-corrected chi connectivity index (χ3v) is 2.43. The molecule has 0 saturated heterocycles. The number of carboxylic acids is 1. The van der Waals surface area contributed by atoms with Crippen molar-refractivity contribution in [1.82, 2.24) is 5.32 Å². The highest BCUT2D eigenvalue weighted by molar-refractivity contribution is 5.95. The minimum absolute atomic E-state index is 0.186. The summed E-state index contributed by atoms with van der Waals surface area (Å²) in [5.41, 5.74) is 1.02. The lowest BCUT2D eigenvalue weighted by atomic mass is 10.1. The number of nitrogens with one attached hydrogen (secondary N) is 1. The molecule has 0 fully saturated rings. The standard InChI is InChI=1S/C14H17NO4/c1-3-8-15-14(18)11-4-6-12(19-2)10(9-11)5-7-13(16)17/h4-7,9H,3,8H2,1-2H3,(H,15,18)(H,16,17)/b7-5+. The monoisotopic (exact) mass is 263 g/mol. The Labute approximate surface area is 111 Å². The maximum absolute atomic E-state index is 11.8. The number of carboxylic acid groups (broad SMARTS) is 1. The molecule has 1 aromatic rings. The predicted molar refractivity (Wildman–Crippen MR) is 72.3 cm³/mol. The maximum atomic E-state index is 11.8. The fourth-order valence-electron chi connectivity index (χ4n) is 1.51. The fraction of sp³-hybridized carbons (Fsp3) is 0.286. The van der Waals surface area contributed by atoms with E-state index in [-0.39, 0.29) is 5.91 Å². The maximum Gasteiger partial charge on any atom is 0.328 e. The van der Waals surface area contributed by atoms with Crippen molar-refractivity contribution in [3.8, 4) is 5.75 Å². The van der Waals surface area contributed by atoms with Gasteiger partial charge in [-0.3, -0.25) is 4.79 Å². The quantitative estimate of drug-likeness (QED) is 0.769. The lowest BCUT2D eigenvalue weighted by molar-refractivity contribution is -0.131. The molecule has 102 valence electrons. The second-order valence-corrected chi connectivity index (χ2v) is 3.88. The van der Waals surface area contributed by atoms with Gasteiger partial charge in [0.2, 0.25) is 0 Å². The van der Waals surface area contributed by atoms with Crippen molar-refractivity contribution in [2.24, 2.45) is 0 Å². The van der Waals surface area contributed by atoms with E-state index in [9.17, 15) is 9.59 Å². The average molecular weight is 263 g/mol. The van der Waals surface area contributed by atoms with Gasteiger partial charge in [0.1, 0.15) is 5.75 Å². The van der Waals surface area contributed by atoms with E-state index in [4.69, 9.17) is 9.84 Å². The van der Waals surface area contributed by atoms with Crippen LogP contribution in [-0.2, 0) is 4.79 Å². The first-order valence-corrected chi connectivity index (χ1v) is 5.95. The average Bonchev–Trinajstić information content (AvgIpc) is 2.42. The minimum atomic E-state index is -1.05. The van der Waals surface area contributed by atoms with Crippen LogP contribution in [0.4, 0.5) is 0 Å². The van der Waals surface area contributed by atoms with Crippen LogP contribution in [0, 0.1) is 0 Å². The molecule has 0 aliphatic rings. The van der Waals surface area contributed by atoms with E-state index in [1.54, 1.807) is 18.2 Å². The van der Waals surface area contributed by atoms with E-state index in [0.29, 0.717) is 23.4 Å². The molecule has 1 aromatic carbocycles. The highest BCUT2D eigenvalue weighted by atomic mass is 16.5. The first-order valence-electron chi connectivity index (χ1n) is 5.95. The zero-order chi connectivity index (χ0) is 14.3. The Morgan fingerprint density at radius 3 is 2.74 bits per heavy atom. The van der Waals surface area contributed by atoms with Crippen molar-refractivity contribution in [2.75, 3.05) is 13.7 Å². The van der Waals surface area contributed by atoms with Crippen molar-refractivity contribution >= 4 is 18.0 Å². The van der Waals surface area contributed by atoms with Crippen molar-refractivity contribution < 1.29 is 19.4 Å². The number of amides is 1. The molecule has 19 heavy (non-hydrogen) atoms. The van der Waals surface area contributed by atoms with Crippen molar-refractivity contribution in [1.29, 1.82) is 0 Å². The van der Waals surface area contributed by atoms with E-state index in [1.165, 1.54) is 13.2 Å². The molecule has 0 aromatic heterocycles. The summed E-state index contributed by atoms with van der Waals surface area (Å²) in [6.45, 7) is 2.57. The summed E-state index contributed by atoms with van der Waals surface area (Å²) >= 11 is 0. The van der Waals surface area contributed by atoms with Crippen LogP contribution >= 0.6 is 0 Å². The summed E-state index contributed by atoms with van der Waals surface area (Å²) in [6.07, 6.45) is 3.26. The van der Waals surface area contributed by atoms with Crippen LogP contribution in [0.15, 0.2) is 24.3 Å². The summed E-state index contributed by atoms with van der Waals surface area (Å²) in [4.78, 5) is 22.3. The fourth-order valence-corrected chi connectivity index (χ4v) is 1.51. The Morgan fingerprint density at radius 2 is 2.16 bits per heavy atom. The van der Waals surface area contributed by atoms with Crippen LogP contribution < -0.4 is 10.1 Å². The van der Waals surface area contributed by atoms with Gasteiger partial charge in [-0.05, 0) is 30.7 Å². The molecule has 0 unspecified atom stereocenters. The van der Waals surface area contributed by atoms with Gasteiger partial charge in [-0.25, -0.2) is 4.79 Å². The number of carbonyl (C=O) groups is 2. The molecule has 0 heterocycles. The first kappa shape index (κ1) is 14.8. The molecule has 0 aliphatic carbocycles. The van der Waals surface area contributed by atoms with Gasteiger partial charge >= 0.3 is 5.97 Å². The number of hydrogen-bond donors (Lipinski definition) is 2. The topological polar surface area (TPSA) is 75.6 Å². The third kappa shape index (κ3) is 4.46. The Morgan fingerprint density at radius 1 is 1.42 bits per heavy atom. The van der Waals surface area contributed by atoms with Crippen LogP contribution in [-0.4, -0.2) is 30.6 Å². The van der Waals surface area contributed by atoms with Gasteiger partial charge in [0.15, 0.2) is 0 Å². The zero-order valence-electron chi connectivity index (χ0n) is 11.0. The third-order valence-electron chi connectivity index (χ3n) is 2.43. The van der Waals surface area contributed by atoms with Gasteiger partial charge in [0.25, 0.3) is 5.91 Å². The number of carbonyl (C=O) groups excluding carboxylic acids is 1. The molecule has 0 radical (unpaired) electrons. The summed E-state index contributed by atoms with van der Waals surface area (Å²) in [6, 6.07) is 4.88. The van der Waals surface area contributed by atoms with Crippen LogP contribution in [0.3, 0.4) is 0 Å². The van der Waals surface area contributed by atoms with Crippen molar-refractivity contribution in [3.05, 3.63) is 35.4 Å². The number of ether oxygens (including phenoxy) is 1. The molecule has 0 spiro atoms. The van der Waals surface area contributed by atoms with Crippen LogP contribution in [0.25, 0.3) is 6.08 Å². The smallest absolute Gasteiger partial charge is 0.328 e. The Balaban J connectivity index is 3.00. The molecular weight excluding hydrogens is 246 g/mol. The van der Waals surface area contributed by atoms with Gasteiger partial charge in [-0.15, -0.1) is 0 Å². The highest BCUT2D eigenvalue weighted by Crippen LogP contribution is 2.21. The number of methoxy groups -OCH3 is 1. The van der Waals surface area contributed by atoms with Gasteiger partial charge in [0.05, 0.1) is 7.11 Å². The van der Waals surface area contributed by atoms with Crippen LogP contribution in [0.1, 0.15) is 29.3 Å². The lowest BCUT2D eigenvalue weighted by Gasteiger charge is -2.08.